The molecular formula is C64H116O14. The Balaban J connectivity index is 1.68. The molecule has 0 radical (unpaired) electrons. The Hall–Kier alpha value is -2.05. The lowest BCUT2D eigenvalue weighted by atomic mass is 9.98. The smallest absolute Gasteiger partial charge is 0.306 e. The Morgan fingerprint density at radius 1 is 0.436 bits per heavy atom. The van der Waals surface area contributed by atoms with E-state index in [-0.39, 0.29) is 25.6 Å². The van der Waals surface area contributed by atoms with Gasteiger partial charge in [-0.2, -0.15) is 0 Å². The van der Waals surface area contributed by atoms with E-state index in [0.29, 0.717) is 13.0 Å². The van der Waals surface area contributed by atoms with Crippen LogP contribution >= 0.6 is 0 Å². The maximum atomic E-state index is 13.1. The monoisotopic (exact) mass is 1110 g/mol. The summed E-state index contributed by atoms with van der Waals surface area (Å²) in [4.78, 5) is 13.1. The third-order valence-electron chi connectivity index (χ3n) is 15.1. The highest BCUT2D eigenvalue weighted by molar-refractivity contribution is 5.69. The molecule has 7 N–H and O–H groups in total. The molecule has 0 saturated carbocycles. The number of carbonyl (C=O) groups is 1. The predicted molar refractivity (Wildman–Crippen MR) is 312 cm³/mol. The summed E-state index contributed by atoms with van der Waals surface area (Å²) >= 11 is 0. The van der Waals surface area contributed by atoms with Crippen LogP contribution in [0, 0.1) is 0 Å². The average Bonchev–Trinajstić information content (AvgIpc) is 3.45. The molecule has 0 aliphatic carbocycles. The SMILES string of the molecule is CC/C=C\C/C=C\C/C=C\C/C=C\CCCCCCCCCCCOCC(COC1OC(COC2OC(CO)C(O)C(O)C2O)C(O)C(O)C1O)OC(=O)CCCCCCCCCCCCCCCCCCCCCCCC. The number of esters is 1. The maximum Gasteiger partial charge on any atom is 0.306 e. The zero-order valence-electron chi connectivity index (χ0n) is 49.2. The van der Waals surface area contributed by atoms with Gasteiger partial charge in [-0.3, -0.25) is 4.79 Å². The highest BCUT2D eigenvalue weighted by Crippen LogP contribution is 2.27. The normalized spacial score (nSPS) is 24.4. The first-order valence-corrected chi connectivity index (χ1v) is 31.7. The van der Waals surface area contributed by atoms with Gasteiger partial charge in [0.1, 0.15) is 54.9 Å². The molecule has 456 valence electrons. The summed E-state index contributed by atoms with van der Waals surface area (Å²) in [7, 11) is 0. The molecule has 2 rings (SSSR count). The highest BCUT2D eigenvalue weighted by Gasteiger charge is 2.47. The molecule has 0 bridgehead atoms. The van der Waals surface area contributed by atoms with Crippen molar-refractivity contribution in [1.29, 1.82) is 0 Å². The van der Waals surface area contributed by atoms with Gasteiger partial charge in [-0.15, -0.1) is 0 Å². The molecule has 78 heavy (non-hydrogen) atoms. The third kappa shape index (κ3) is 36.4. The number of rotatable bonds is 52. The first-order valence-electron chi connectivity index (χ1n) is 31.7. The molecule has 0 spiro atoms. The Morgan fingerprint density at radius 3 is 1.31 bits per heavy atom. The zero-order chi connectivity index (χ0) is 56.5. The van der Waals surface area contributed by atoms with E-state index in [4.69, 9.17) is 28.4 Å². The van der Waals surface area contributed by atoms with Gasteiger partial charge in [0.25, 0.3) is 0 Å². The number of aliphatic hydroxyl groups is 7. The largest absolute Gasteiger partial charge is 0.457 e. The molecule has 14 heteroatoms. The number of aliphatic hydroxyl groups excluding tert-OH is 7. The number of carbonyl (C=O) groups excluding carboxylic acids is 1. The number of hydrogen-bond acceptors (Lipinski definition) is 14. The van der Waals surface area contributed by atoms with Gasteiger partial charge in [-0.1, -0.05) is 242 Å². The van der Waals surface area contributed by atoms with Gasteiger partial charge in [-0.05, 0) is 51.4 Å². The van der Waals surface area contributed by atoms with Gasteiger partial charge in [0.2, 0.25) is 0 Å². The van der Waals surface area contributed by atoms with E-state index in [1.54, 1.807) is 0 Å². The second kappa shape index (κ2) is 50.7. The van der Waals surface area contributed by atoms with Gasteiger partial charge in [0.05, 0.1) is 26.4 Å². The third-order valence-corrected chi connectivity index (χ3v) is 15.1. The summed E-state index contributed by atoms with van der Waals surface area (Å²) < 4.78 is 34.5. The van der Waals surface area contributed by atoms with Crippen LogP contribution in [0.15, 0.2) is 48.6 Å². The molecule has 2 fully saturated rings. The van der Waals surface area contributed by atoms with Gasteiger partial charge in [-0.25, -0.2) is 0 Å². The molecule has 2 aliphatic heterocycles. The van der Waals surface area contributed by atoms with Crippen LogP contribution in [0.3, 0.4) is 0 Å². The highest BCUT2D eigenvalue weighted by atomic mass is 16.7. The van der Waals surface area contributed by atoms with Crippen molar-refractivity contribution < 1.29 is 69.0 Å². The first kappa shape index (κ1) is 72.1. The van der Waals surface area contributed by atoms with Crippen molar-refractivity contribution in [2.45, 2.75) is 319 Å². The maximum absolute atomic E-state index is 13.1. The molecule has 0 amide bonds. The van der Waals surface area contributed by atoms with Crippen molar-refractivity contribution in [2.75, 3.05) is 33.0 Å². The summed E-state index contributed by atoms with van der Waals surface area (Å²) in [5.74, 6) is -0.374. The second-order valence-electron chi connectivity index (χ2n) is 22.2. The number of ether oxygens (including phenoxy) is 6. The van der Waals surface area contributed by atoms with Crippen molar-refractivity contribution in [3.63, 3.8) is 0 Å². The van der Waals surface area contributed by atoms with E-state index in [1.807, 2.05) is 0 Å². The second-order valence-corrected chi connectivity index (χ2v) is 22.2. The Bertz CT molecular complexity index is 1470. The Morgan fingerprint density at radius 2 is 0.833 bits per heavy atom. The van der Waals surface area contributed by atoms with Crippen molar-refractivity contribution in [1.82, 2.24) is 0 Å². The van der Waals surface area contributed by atoms with Crippen LogP contribution in [0.2, 0.25) is 0 Å². The zero-order valence-corrected chi connectivity index (χ0v) is 49.2. The summed E-state index contributed by atoms with van der Waals surface area (Å²) in [5, 5.41) is 72.5. The van der Waals surface area contributed by atoms with Crippen LogP contribution in [-0.2, 0) is 33.2 Å². The fourth-order valence-electron chi connectivity index (χ4n) is 10.0. The number of hydrogen-bond donors (Lipinski definition) is 7. The number of allylic oxidation sites excluding steroid dienone is 8. The van der Waals surface area contributed by atoms with E-state index in [2.05, 4.69) is 62.5 Å². The molecule has 2 aliphatic rings. The Kier molecular flexibility index (Phi) is 46.8. The lowest BCUT2D eigenvalue weighted by Gasteiger charge is -2.42. The first-order chi connectivity index (χ1) is 38.1. The minimum atomic E-state index is -1.71. The lowest BCUT2D eigenvalue weighted by molar-refractivity contribution is -0.332. The van der Waals surface area contributed by atoms with Gasteiger partial charge in [0, 0.05) is 13.0 Å². The van der Waals surface area contributed by atoms with Crippen LogP contribution in [0.5, 0.6) is 0 Å². The fraction of sp³-hybridized carbons (Fsp3) is 0.859. The van der Waals surface area contributed by atoms with E-state index in [1.165, 1.54) is 154 Å². The predicted octanol–water partition coefficient (Wildman–Crippen LogP) is 12.3. The van der Waals surface area contributed by atoms with Gasteiger partial charge in [0.15, 0.2) is 12.6 Å². The summed E-state index contributed by atoms with van der Waals surface area (Å²) in [6.07, 6.45) is 46.0. The van der Waals surface area contributed by atoms with Crippen molar-refractivity contribution in [3.05, 3.63) is 48.6 Å². The topological polar surface area (TPSA) is 214 Å². The number of unbranched alkanes of at least 4 members (excludes halogenated alkanes) is 30. The molecule has 14 nitrogen and oxygen atoms in total. The average molecular weight is 1110 g/mol. The molecule has 0 aromatic carbocycles. The molecular weight excluding hydrogens is 993 g/mol. The van der Waals surface area contributed by atoms with Gasteiger partial charge < -0.3 is 64.2 Å². The minimum Gasteiger partial charge on any atom is -0.457 e. The van der Waals surface area contributed by atoms with Gasteiger partial charge >= 0.3 is 5.97 Å². The molecule has 0 aromatic rings. The Labute approximate surface area is 473 Å². The van der Waals surface area contributed by atoms with E-state index >= 15 is 0 Å². The molecule has 11 unspecified atom stereocenters. The van der Waals surface area contributed by atoms with Crippen molar-refractivity contribution in [3.8, 4) is 0 Å². The minimum absolute atomic E-state index is 0.0592. The molecule has 2 saturated heterocycles. The van der Waals surface area contributed by atoms with E-state index < -0.39 is 80.7 Å². The quantitative estimate of drug-likeness (QED) is 0.0172. The van der Waals surface area contributed by atoms with E-state index in [0.717, 1.165) is 70.6 Å². The molecule has 11 atom stereocenters. The lowest BCUT2D eigenvalue weighted by Crippen LogP contribution is -2.61. The van der Waals surface area contributed by atoms with E-state index in [9.17, 15) is 40.5 Å². The van der Waals surface area contributed by atoms with Crippen molar-refractivity contribution >= 4 is 5.97 Å². The van der Waals surface area contributed by atoms with Crippen LogP contribution in [0.25, 0.3) is 0 Å². The van der Waals surface area contributed by atoms with Crippen LogP contribution in [0.4, 0.5) is 0 Å². The van der Waals surface area contributed by atoms with Crippen molar-refractivity contribution in [2.24, 2.45) is 0 Å². The summed E-state index contributed by atoms with van der Waals surface area (Å²) in [6, 6.07) is 0. The summed E-state index contributed by atoms with van der Waals surface area (Å²) in [6.45, 7) is 3.61. The standard InChI is InChI=1S/C64H116O14/c1-3-5-7-9-11-13-15-17-19-21-23-25-27-29-31-33-35-37-39-41-43-45-47-56(66)76-53(50-73-48-46-44-42-40-38-36-34-32-30-28-26-24-22-20-18-16-14-12-10-8-6-4-2)51-74-63-62(72)60(70)58(68)55(78-63)52-75-64-61(71)59(69)57(67)54(49-65)77-64/h6,8,12,14,18,20,24,26,53-55,57-65,67-72H,3-5,7,9-11,13,15-17,19,21-23,25,27-52H2,1-2H3/b8-6-,14-12-,20-18-,26-24-. The summed E-state index contributed by atoms with van der Waals surface area (Å²) in [5.41, 5.74) is 0. The van der Waals surface area contributed by atoms with Crippen LogP contribution < -0.4 is 0 Å². The molecule has 0 aromatic heterocycles. The fourth-order valence-corrected chi connectivity index (χ4v) is 10.0. The van der Waals surface area contributed by atoms with Crippen LogP contribution in [-0.4, -0.2) is 142 Å². The van der Waals surface area contributed by atoms with Crippen LogP contribution in [0.1, 0.15) is 251 Å². The molecule has 2 heterocycles.